The average Bonchev–Trinajstić information content (AvgIpc) is 3.32. The van der Waals surface area contributed by atoms with E-state index in [1.54, 1.807) is 6.07 Å². The summed E-state index contributed by atoms with van der Waals surface area (Å²) in [5.41, 5.74) is 2.29. The summed E-state index contributed by atoms with van der Waals surface area (Å²) >= 11 is 0. The molecule has 6 nitrogen and oxygen atoms in total. The number of hydrogen-bond acceptors (Lipinski definition) is 3. The van der Waals surface area contributed by atoms with Crippen LogP contribution in [-0.2, 0) is 11.3 Å². The average molecular weight is 396 g/mol. The van der Waals surface area contributed by atoms with Gasteiger partial charge in [-0.15, -0.1) is 0 Å². The number of nitrogens with one attached hydrogen (secondary N) is 1. The number of H-pyrrole nitrogens is 1. The van der Waals surface area contributed by atoms with Gasteiger partial charge in [0.1, 0.15) is 11.5 Å². The molecule has 3 fully saturated rings. The fourth-order valence-electron chi connectivity index (χ4n) is 4.75. The molecule has 1 N–H and O–H groups in total. The zero-order valence-electron chi connectivity index (χ0n) is 16.3. The Morgan fingerprint density at radius 2 is 2.07 bits per heavy atom. The van der Waals surface area contributed by atoms with Gasteiger partial charge in [-0.05, 0) is 55.4 Å². The maximum absolute atomic E-state index is 13.6. The van der Waals surface area contributed by atoms with Crippen LogP contribution in [0.25, 0.3) is 0 Å². The predicted molar refractivity (Wildman–Crippen MR) is 105 cm³/mol. The van der Waals surface area contributed by atoms with Crippen LogP contribution >= 0.6 is 0 Å². The van der Waals surface area contributed by atoms with Gasteiger partial charge in [0.25, 0.3) is 5.91 Å². The second-order valence-corrected chi connectivity index (χ2v) is 8.56. The Kier molecular flexibility index (Phi) is 4.60. The van der Waals surface area contributed by atoms with Gasteiger partial charge in [-0.3, -0.25) is 14.7 Å². The molecule has 0 radical (unpaired) electrons. The van der Waals surface area contributed by atoms with Crippen molar-refractivity contribution in [3.05, 3.63) is 53.1 Å². The molecule has 152 valence electrons. The van der Waals surface area contributed by atoms with E-state index < -0.39 is 0 Å². The van der Waals surface area contributed by atoms with Crippen LogP contribution in [0.4, 0.5) is 4.39 Å². The highest BCUT2D eigenvalue weighted by Gasteiger charge is 2.42. The van der Waals surface area contributed by atoms with Gasteiger partial charge < -0.3 is 9.80 Å². The quantitative estimate of drug-likeness (QED) is 0.864. The molecule has 29 heavy (non-hydrogen) atoms. The molecular weight excluding hydrogens is 371 g/mol. The number of nitrogens with zero attached hydrogens (tertiary/aromatic N) is 3. The Morgan fingerprint density at radius 1 is 1.21 bits per heavy atom. The van der Waals surface area contributed by atoms with Crippen LogP contribution in [0.15, 0.2) is 30.3 Å². The lowest BCUT2D eigenvalue weighted by molar-refractivity contribution is -0.133. The lowest BCUT2D eigenvalue weighted by Crippen LogP contribution is -2.43. The topological polar surface area (TPSA) is 69.3 Å². The van der Waals surface area contributed by atoms with E-state index in [0.29, 0.717) is 37.7 Å². The molecule has 1 aromatic heterocycles. The third-order valence-electron chi connectivity index (χ3n) is 6.46. The second-order valence-electron chi connectivity index (χ2n) is 8.56. The highest BCUT2D eigenvalue weighted by Crippen LogP contribution is 2.39. The lowest BCUT2D eigenvalue weighted by Gasteiger charge is -2.30. The number of hydrogen-bond donors (Lipinski definition) is 1. The highest BCUT2D eigenvalue weighted by atomic mass is 19.1. The molecular formula is C22H25FN4O2. The van der Waals surface area contributed by atoms with Crippen molar-refractivity contribution in [2.75, 3.05) is 13.1 Å². The summed E-state index contributed by atoms with van der Waals surface area (Å²) in [6.07, 6.45) is 4.58. The summed E-state index contributed by atoms with van der Waals surface area (Å²) in [5, 5.41) is 7.23. The Hall–Kier alpha value is -2.70. The molecule has 3 aliphatic rings. The van der Waals surface area contributed by atoms with Gasteiger partial charge in [0.2, 0.25) is 5.91 Å². The van der Waals surface area contributed by atoms with E-state index in [9.17, 15) is 14.0 Å². The van der Waals surface area contributed by atoms with Crippen LogP contribution < -0.4 is 0 Å². The molecule has 2 saturated heterocycles. The SMILES string of the molecule is O=C(c1cc(C2CC2)[nH]n1)N1C[C@H]2CCCC(=O)N(Cc3cccc(F)c3)[C@H]2C1. The minimum Gasteiger partial charge on any atom is -0.335 e. The van der Waals surface area contributed by atoms with Crippen LogP contribution in [-0.4, -0.2) is 50.9 Å². The maximum atomic E-state index is 13.6. The number of aromatic nitrogens is 2. The van der Waals surface area contributed by atoms with Gasteiger partial charge >= 0.3 is 0 Å². The minimum atomic E-state index is -0.297. The number of fused-ring (bicyclic) bond motifs is 1. The van der Waals surface area contributed by atoms with Crippen molar-refractivity contribution in [3.8, 4) is 0 Å². The molecule has 0 bridgehead atoms. The maximum Gasteiger partial charge on any atom is 0.274 e. The molecule has 2 amide bonds. The fraction of sp³-hybridized carbons (Fsp3) is 0.500. The Balaban J connectivity index is 1.34. The van der Waals surface area contributed by atoms with Crippen molar-refractivity contribution in [2.24, 2.45) is 5.92 Å². The summed E-state index contributed by atoms with van der Waals surface area (Å²) < 4.78 is 13.6. The van der Waals surface area contributed by atoms with E-state index in [1.807, 2.05) is 21.9 Å². The standard InChI is InChI=1S/C22H25FN4O2/c23-17-5-1-3-14(9-17)11-27-20-13-26(12-16(20)4-2-6-21(27)28)22(29)19-10-18(24-25-19)15-7-8-15/h1,3,5,9-10,15-16,20H,2,4,6-8,11-13H2,(H,24,25)/t16-,20+/m1/s1. The largest absolute Gasteiger partial charge is 0.335 e. The molecule has 0 unspecified atom stereocenters. The molecule has 7 heteroatoms. The Labute approximate surface area is 169 Å². The zero-order chi connectivity index (χ0) is 20.0. The lowest BCUT2D eigenvalue weighted by atomic mass is 9.98. The van der Waals surface area contributed by atoms with Crippen LogP contribution in [0.5, 0.6) is 0 Å². The van der Waals surface area contributed by atoms with Gasteiger partial charge in [0.15, 0.2) is 0 Å². The van der Waals surface area contributed by atoms with Crippen molar-refractivity contribution in [3.63, 3.8) is 0 Å². The van der Waals surface area contributed by atoms with Gasteiger partial charge in [-0.1, -0.05) is 12.1 Å². The first-order chi connectivity index (χ1) is 14.1. The van der Waals surface area contributed by atoms with Crippen LogP contribution in [0.3, 0.4) is 0 Å². The van der Waals surface area contributed by atoms with Crippen LogP contribution in [0, 0.1) is 11.7 Å². The number of likely N-dealkylation sites (tertiary alicyclic amines) is 2. The third kappa shape index (κ3) is 3.66. The Morgan fingerprint density at radius 3 is 2.86 bits per heavy atom. The number of aromatic amines is 1. The molecule has 2 aliphatic heterocycles. The van der Waals surface area contributed by atoms with Crippen molar-refractivity contribution in [1.29, 1.82) is 0 Å². The third-order valence-corrected chi connectivity index (χ3v) is 6.46. The van der Waals surface area contributed by atoms with Gasteiger partial charge in [-0.2, -0.15) is 5.10 Å². The number of benzene rings is 1. The molecule has 2 atom stereocenters. The summed E-state index contributed by atoms with van der Waals surface area (Å²) in [5.74, 6) is 0.495. The monoisotopic (exact) mass is 396 g/mol. The summed E-state index contributed by atoms with van der Waals surface area (Å²) in [6, 6.07) is 8.25. The Bertz CT molecular complexity index is 938. The summed E-state index contributed by atoms with van der Waals surface area (Å²) in [7, 11) is 0. The van der Waals surface area contributed by atoms with E-state index in [0.717, 1.165) is 36.9 Å². The van der Waals surface area contributed by atoms with Crippen LogP contribution in [0.2, 0.25) is 0 Å². The van der Waals surface area contributed by atoms with Gasteiger partial charge in [0.05, 0.1) is 6.04 Å². The zero-order valence-corrected chi connectivity index (χ0v) is 16.3. The number of amides is 2. The summed E-state index contributed by atoms with van der Waals surface area (Å²) in [4.78, 5) is 29.5. The molecule has 0 spiro atoms. The minimum absolute atomic E-state index is 0.0286. The van der Waals surface area contributed by atoms with Crippen LogP contribution in [0.1, 0.15) is 59.8 Å². The first-order valence-electron chi connectivity index (χ1n) is 10.5. The summed E-state index contributed by atoms with van der Waals surface area (Å²) in [6.45, 7) is 1.53. The van der Waals surface area contributed by atoms with Gasteiger partial charge in [-0.25, -0.2) is 4.39 Å². The second kappa shape index (κ2) is 7.28. The number of rotatable bonds is 4. The van der Waals surface area contributed by atoms with E-state index in [-0.39, 0.29) is 29.6 Å². The molecule has 2 aromatic rings. The van der Waals surface area contributed by atoms with Crippen molar-refractivity contribution in [1.82, 2.24) is 20.0 Å². The normalized spacial score (nSPS) is 24.5. The molecule has 1 saturated carbocycles. The number of carbonyl (C=O) groups is 2. The van der Waals surface area contributed by atoms with Gasteiger partial charge in [0, 0.05) is 37.7 Å². The van der Waals surface area contributed by atoms with Crippen molar-refractivity contribution in [2.45, 2.75) is 50.6 Å². The first-order valence-corrected chi connectivity index (χ1v) is 10.5. The molecule has 1 aliphatic carbocycles. The molecule has 5 rings (SSSR count). The smallest absolute Gasteiger partial charge is 0.274 e. The number of carbonyl (C=O) groups excluding carboxylic acids is 2. The van der Waals surface area contributed by atoms with Crippen molar-refractivity contribution < 1.29 is 14.0 Å². The fourth-order valence-corrected chi connectivity index (χ4v) is 4.75. The molecule has 1 aromatic carbocycles. The first kappa shape index (κ1) is 18.3. The van der Waals surface area contributed by atoms with E-state index >= 15 is 0 Å². The number of halogens is 1. The van der Waals surface area contributed by atoms with E-state index in [2.05, 4.69) is 10.2 Å². The van der Waals surface area contributed by atoms with Crippen molar-refractivity contribution >= 4 is 11.8 Å². The predicted octanol–water partition coefficient (Wildman–Crippen LogP) is 3.08. The van der Waals surface area contributed by atoms with E-state index in [4.69, 9.17) is 0 Å². The molecule has 3 heterocycles. The highest BCUT2D eigenvalue weighted by molar-refractivity contribution is 5.92. The van der Waals surface area contributed by atoms with E-state index in [1.165, 1.54) is 12.1 Å².